The van der Waals surface area contributed by atoms with Crippen LogP contribution in [0.25, 0.3) is 11.3 Å². The molecule has 0 N–H and O–H groups in total. The number of hydrogen-bond donors (Lipinski definition) is 0. The zero-order valence-electron chi connectivity index (χ0n) is 22.6. The van der Waals surface area contributed by atoms with Crippen molar-refractivity contribution >= 4 is 11.8 Å². The molecule has 8 heteroatoms. The third kappa shape index (κ3) is 11.8. The molecule has 2 heterocycles. The number of halogens is 4. The van der Waals surface area contributed by atoms with E-state index in [-0.39, 0.29) is 11.5 Å². The summed E-state index contributed by atoms with van der Waals surface area (Å²) < 4.78 is 56.4. The highest BCUT2D eigenvalue weighted by Crippen LogP contribution is 2.43. The molecular formula is C29H37F4NO2S. The molecule has 204 valence electrons. The lowest BCUT2D eigenvalue weighted by atomic mass is 10.0. The first-order chi connectivity index (χ1) is 17.6. The monoisotopic (exact) mass is 539 g/mol. The Labute approximate surface area is 223 Å². The number of rotatable bonds is 7. The number of nitrogens with zero attached hydrogens (tertiary/aromatic N) is 1. The van der Waals surface area contributed by atoms with Crippen molar-refractivity contribution in [1.82, 2.24) is 4.98 Å². The molecule has 0 fully saturated rings. The average Bonchev–Trinajstić information content (AvgIpc) is 3.19. The SMILES string of the molecule is C#C.C/C=C(/Cc1ccc(C)c(-c2ccc3c(c2)OC(F)(F)O3)n1)S/C(=C\CC)CC.CC.CC(F)F. The molecule has 0 saturated carbocycles. The largest absolute Gasteiger partial charge is 0.586 e. The lowest BCUT2D eigenvalue weighted by molar-refractivity contribution is -0.286. The number of aromatic nitrogens is 1. The number of hydrogen-bond acceptors (Lipinski definition) is 4. The fourth-order valence-electron chi connectivity index (χ4n) is 3.09. The van der Waals surface area contributed by atoms with Gasteiger partial charge in [-0.2, -0.15) is 0 Å². The highest BCUT2D eigenvalue weighted by molar-refractivity contribution is 8.06. The maximum atomic E-state index is 13.3. The van der Waals surface area contributed by atoms with E-state index in [9.17, 15) is 17.6 Å². The van der Waals surface area contributed by atoms with Crippen molar-refractivity contribution in [3.63, 3.8) is 0 Å². The van der Waals surface area contributed by atoms with Gasteiger partial charge in [0, 0.05) is 17.7 Å². The van der Waals surface area contributed by atoms with Gasteiger partial charge in [-0.25, -0.2) is 8.78 Å². The summed E-state index contributed by atoms with van der Waals surface area (Å²) in [5.74, 6) is 0.0658. The van der Waals surface area contributed by atoms with Crippen LogP contribution in [0, 0.1) is 19.8 Å². The molecule has 0 radical (unpaired) electrons. The fraction of sp³-hybridized carbons (Fsp3) is 0.414. The first-order valence-electron chi connectivity index (χ1n) is 12.1. The van der Waals surface area contributed by atoms with Crippen LogP contribution in [0.3, 0.4) is 0 Å². The Hall–Kier alpha value is -2.92. The van der Waals surface area contributed by atoms with Gasteiger partial charge in [-0.15, -0.1) is 21.6 Å². The Balaban J connectivity index is 0.00000145. The molecule has 0 aliphatic carbocycles. The predicted molar refractivity (Wildman–Crippen MR) is 147 cm³/mol. The van der Waals surface area contributed by atoms with Crippen molar-refractivity contribution in [2.24, 2.45) is 0 Å². The van der Waals surface area contributed by atoms with Gasteiger partial charge in [0.2, 0.25) is 6.43 Å². The van der Waals surface area contributed by atoms with Gasteiger partial charge in [0.25, 0.3) is 0 Å². The Bertz CT molecular complexity index is 1050. The van der Waals surface area contributed by atoms with Crippen LogP contribution in [0.4, 0.5) is 17.6 Å². The van der Waals surface area contributed by atoms with Gasteiger partial charge in [0.1, 0.15) is 0 Å². The number of allylic oxidation sites excluding steroid dienone is 4. The summed E-state index contributed by atoms with van der Waals surface area (Å²) >= 11 is 1.79. The number of alkyl halides is 4. The van der Waals surface area contributed by atoms with Crippen molar-refractivity contribution in [2.75, 3.05) is 0 Å². The molecule has 0 saturated heterocycles. The van der Waals surface area contributed by atoms with Gasteiger partial charge < -0.3 is 9.47 Å². The number of thioether (sulfide) groups is 1. The second kappa shape index (κ2) is 17.5. The number of pyridine rings is 1. The molecule has 0 amide bonds. The second-order valence-electron chi connectivity index (χ2n) is 7.28. The first kappa shape index (κ1) is 34.1. The van der Waals surface area contributed by atoms with E-state index in [1.807, 2.05) is 39.8 Å². The molecule has 3 rings (SSSR count). The van der Waals surface area contributed by atoms with Gasteiger partial charge >= 0.3 is 6.29 Å². The lowest BCUT2D eigenvalue weighted by Gasteiger charge is -2.12. The molecule has 0 spiro atoms. The molecule has 1 aromatic heterocycles. The summed E-state index contributed by atoms with van der Waals surface area (Å²) in [5, 5.41) is 0. The Morgan fingerprint density at radius 2 is 1.65 bits per heavy atom. The number of aryl methyl sites for hydroxylation is 1. The minimum Gasteiger partial charge on any atom is -0.395 e. The molecule has 1 aromatic carbocycles. The molecule has 0 atom stereocenters. The fourth-order valence-corrected chi connectivity index (χ4v) is 4.15. The van der Waals surface area contributed by atoms with Crippen LogP contribution in [0.2, 0.25) is 0 Å². The summed E-state index contributed by atoms with van der Waals surface area (Å²) in [6.45, 7) is 13.1. The van der Waals surface area contributed by atoms with E-state index in [0.29, 0.717) is 0 Å². The molecule has 3 nitrogen and oxygen atoms in total. The van der Waals surface area contributed by atoms with Crippen molar-refractivity contribution in [2.45, 2.75) is 80.4 Å². The maximum absolute atomic E-state index is 13.3. The van der Waals surface area contributed by atoms with Crippen LogP contribution < -0.4 is 9.47 Å². The summed E-state index contributed by atoms with van der Waals surface area (Å²) in [5.41, 5.74) is 3.37. The van der Waals surface area contributed by atoms with Crippen LogP contribution >= 0.6 is 11.8 Å². The first-order valence-corrected chi connectivity index (χ1v) is 12.9. The molecule has 1 aliphatic heterocycles. The zero-order valence-corrected chi connectivity index (χ0v) is 23.4. The molecule has 0 unspecified atom stereocenters. The average molecular weight is 540 g/mol. The standard InChI is InChI=1S/C23H25F2NO2S.C2H4F2.C2H6.C2H2/c1-5-8-18(6-2)29-19(7-3)14-17-11-9-15(4)22(26-17)16-10-12-20-21(13-16)28-23(24,25)27-20;1-2(3)4;2*1-2/h7-13H,5-6,14H2,1-4H3;2H,1H3;1-2H3;1-2H/b18-8-,19-7-;;;. The Morgan fingerprint density at radius 3 is 2.19 bits per heavy atom. The molecule has 37 heavy (non-hydrogen) atoms. The topological polar surface area (TPSA) is 31.4 Å². The predicted octanol–water partition coefficient (Wildman–Crippen LogP) is 9.81. The van der Waals surface area contributed by atoms with E-state index in [0.717, 1.165) is 48.7 Å². The van der Waals surface area contributed by atoms with Gasteiger partial charge in [0.15, 0.2) is 11.5 Å². The van der Waals surface area contributed by atoms with Gasteiger partial charge in [-0.05, 0) is 73.3 Å². The zero-order chi connectivity index (χ0) is 28.6. The van der Waals surface area contributed by atoms with Crippen LogP contribution in [0.5, 0.6) is 11.5 Å². The van der Waals surface area contributed by atoms with Gasteiger partial charge in [-0.3, -0.25) is 4.98 Å². The normalized spacial score (nSPS) is 13.5. The maximum Gasteiger partial charge on any atom is 0.586 e. The van der Waals surface area contributed by atoms with E-state index in [2.05, 4.69) is 48.3 Å². The van der Waals surface area contributed by atoms with Crippen LogP contribution in [0.1, 0.15) is 65.6 Å². The van der Waals surface area contributed by atoms with Gasteiger partial charge in [-0.1, -0.05) is 57.7 Å². The summed E-state index contributed by atoms with van der Waals surface area (Å²) in [7, 11) is 0. The van der Waals surface area contributed by atoms with E-state index < -0.39 is 12.7 Å². The minimum absolute atomic E-state index is 0.0288. The number of terminal acetylenes is 1. The van der Waals surface area contributed by atoms with Crippen molar-refractivity contribution < 1.29 is 27.0 Å². The molecule has 2 aromatic rings. The third-order valence-electron chi connectivity index (χ3n) is 4.55. The number of ether oxygens (including phenoxy) is 2. The van der Waals surface area contributed by atoms with E-state index in [4.69, 9.17) is 4.98 Å². The van der Waals surface area contributed by atoms with E-state index in [1.54, 1.807) is 23.9 Å². The minimum atomic E-state index is -3.62. The van der Waals surface area contributed by atoms with E-state index in [1.165, 1.54) is 15.9 Å². The summed E-state index contributed by atoms with van der Waals surface area (Å²) in [6, 6.07) is 8.80. The highest BCUT2D eigenvalue weighted by atomic mass is 32.2. The van der Waals surface area contributed by atoms with Crippen LogP contribution in [-0.2, 0) is 6.42 Å². The molecule has 0 bridgehead atoms. The number of benzene rings is 1. The second-order valence-corrected chi connectivity index (χ2v) is 8.53. The third-order valence-corrected chi connectivity index (χ3v) is 5.91. The van der Waals surface area contributed by atoms with Gasteiger partial charge in [0.05, 0.1) is 5.69 Å². The lowest BCUT2D eigenvalue weighted by Crippen LogP contribution is -2.25. The Kier molecular flexibility index (Phi) is 16.1. The van der Waals surface area contributed by atoms with Crippen molar-refractivity contribution in [3.8, 4) is 35.6 Å². The molecule has 1 aliphatic rings. The smallest absolute Gasteiger partial charge is 0.395 e. The number of fused-ring (bicyclic) bond motifs is 1. The van der Waals surface area contributed by atoms with E-state index >= 15 is 0 Å². The quantitative estimate of drug-likeness (QED) is 0.259. The van der Waals surface area contributed by atoms with Crippen LogP contribution in [0.15, 0.2) is 52.3 Å². The summed E-state index contributed by atoms with van der Waals surface area (Å²) in [6.07, 6.45) is 9.33. The van der Waals surface area contributed by atoms with Crippen molar-refractivity contribution in [1.29, 1.82) is 0 Å². The highest BCUT2D eigenvalue weighted by Gasteiger charge is 2.43. The van der Waals surface area contributed by atoms with Crippen molar-refractivity contribution in [3.05, 3.63) is 63.6 Å². The Morgan fingerprint density at radius 1 is 1.05 bits per heavy atom. The summed E-state index contributed by atoms with van der Waals surface area (Å²) in [4.78, 5) is 7.40. The van der Waals surface area contributed by atoms with Crippen LogP contribution in [-0.4, -0.2) is 17.7 Å². The molecular weight excluding hydrogens is 502 g/mol.